The summed E-state index contributed by atoms with van der Waals surface area (Å²) in [7, 11) is 0. The fraction of sp³-hybridized carbons (Fsp3) is 0.0909. The average molecular weight is 516 g/mol. The van der Waals surface area contributed by atoms with Crippen molar-refractivity contribution in [3.63, 3.8) is 0 Å². The largest absolute Gasteiger partial charge is 0.508 e. The van der Waals surface area contributed by atoms with E-state index in [1.165, 1.54) is 60.7 Å². The molecule has 15 nitrogen and oxygen atoms in total. The molecule has 0 fully saturated rings. The molecule has 0 spiro atoms. The lowest BCUT2D eigenvalue weighted by Gasteiger charge is -2.05. The first kappa shape index (κ1) is 29.6. The van der Waals surface area contributed by atoms with Crippen LogP contribution in [-0.4, -0.2) is 48.1 Å². The summed E-state index contributed by atoms with van der Waals surface area (Å²) in [6.07, 6.45) is 0.160. The van der Waals surface area contributed by atoms with E-state index in [9.17, 15) is 39.9 Å². The lowest BCUT2D eigenvalue weighted by molar-refractivity contribution is -0.385. The van der Waals surface area contributed by atoms with Crippen LogP contribution in [0.1, 0.15) is 15.9 Å². The number of aromatic carboxylic acids is 1. The molecule has 0 unspecified atom stereocenters. The first-order valence-electron chi connectivity index (χ1n) is 9.94. The minimum atomic E-state index is -1.09. The van der Waals surface area contributed by atoms with Gasteiger partial charge in [0, 0.05) is 36.4 Å². The van der Waals surface area contributed by atoms with Crippen molar-refractivity contribution in [2.45, 2.75) is 12.5 Å². The highest BCUT2D eigenvalue weighted by Crippen LogP contribution is 2.15. The molecule has 37 heavy (non-hydrogen) atoms. The monoisotopic (exact) mass is 516 g/mol. The van der Waals surface area contributed by atoms with Crippen LogP contribution in [0.25, 0.3) is 0 Å². The Morgan fingerprint density at radius 2 is 1.05 bits per heavy atom. The Balaban J connectivity index is 0.000000283. The zero-order valence-electron chi connectivity index (χ0n) is 18.7. The SMILES string of the molecule is N[C@@H](Cc1ccc([N+](=O)[O-])cc1)C(=O)O.O=C(O)c1ccc([N+](=O)[O-])cc1.O=[N+]([O-])c1ccc(O)cc1. The summed E-state index contributed by atoms with van der Waals surface area (Å²) in [6.45, 7) is 0. The number of benzene rings is 3. The molecule has 0 saturated heterocycles. The molecule has 5 N–H and O–H groups in total. The van der Waals surface area contributed by atoms with Crippen LogP contribution < -0.4 is 5.73 Å². The molecule has 0 aliphatic carbocycles. The van der Waals surface area contributed by atoms with Crippen molar-refractivity contribution in [1.82, 2.24) is 0 Å². The molecule has 3 rings (SSSR count). The van der Waals surface area contributed by atoms with E-state index in [4.69, 9.17) is 21.1 Å². The number of hydrogen-bond acceptors (Lipinski definition) is 10. The number of carbonyl (C=O) groups is 2. The summed E-state index contributed by atoms with van der Waals surface area (Å²) < 4.78 is 0. The number of carboxylic acid groups (broad SMARTS) is 2. The Hall–Kier alpha value is -5.44. The van der Waals surface area contributed by atoms with Gasteiger partial charge in [-0.25, -0.2) is 4.79 Å². The van der Waals surface area contributed by atoms with E-state index < -0.39 is 32.8 Å². The highest BCUT2D eigenvalue weighted by atomic mass is 16.6. The third kappa shape index (κ3) is 10.6. The number of rotatable bonds is 7. The van der Waals surface area contributed by atoms with Crippen LogP contribution in [0.5, 0.6) is 5.75 Å². The topological polar surface area (TPSA) is 250 Å². The summed E-state index contributed by atoms with van der Waals surface area (Å²) >= 11 is 0. The van der Waals surface area contributed by atoms with Gasteiger partial charge in [0.2, 0.25) is 0 Å². The zero-order valence-corrected chi connectivity index (χ0v) is 18.7. The van der Waals surface area contributed by atoms with E-state index >= 15 is 0 Å². The van der Waals surface area contributed by atoms with Crippen LogP contribution in [0.2, 0.25) is 0 Å². The molecule has 194 valence electrons. The molecule has 0 bridgehead atoms. The van der Waals surface area contributed by atoms with Gasteiger partial charge in [-0.3, -0.25) is 35.1 Å². The molecule has 1 atom stereocenters. The van der Waals surface area contributed by atoms with Crippen LogP contribution in [0.3, 0.4) is 0 Å². The maximum absolute atomic E-state index is 10.4. The second kappa shape index (κ2) is 14.1. The van der Waals surface area contributed by atoms with Crippen LogP contribution >= 0.6 is 0 Å². The van der Waals surface area contributed by atoms with Crippen molar-refractivity contribution < 1.29 is 39.7 Å². The van der Waals surface area contributed by atoms with Gasteiger partial charge in [-0.2, -0.15) is 0 Å². The van der Waals surface area contributed by atoms with Crippen LogP contribution in [-0.2, 0) is 11.2 Å². The summed E-state index contributed by atoms with van der Waals surface area (Å²) in [4.78, 5) is 49.7. The van der Waals surface area contributed by atoms with E-state index in [2.05, 4.69) is 0 Å². The molecule has 0 aliphatic rings. The minimum absolute atomic E-state index is 0.0159. The van der Waals surface area contributed by atoms with Crippen LogP contribution in [0.4, 0.5) is 17.1 Å². The van der Waals surface area contributed by atoms with Crippen molar-refractivity contribution in [2.24, 2.45) is 5.73 Å². The second-order valence-corrected chi connectivity index (χ2v) is 6.96. The highest BCUT2D eigenvalue weighted by molar-refractivity contribution is 5.87. The first-order chi connectivity index (χ1) is 17.3. The van der Waals surface area contributed by atoms with Gasteiger partial charge in [-0.1, -0.05) is 12.1 Å². The summed E-state index contributed by atoms with van der Waals surface area (Å²) in [6, 6.07) is 14.4. The number of nitro benzene ring substituents is 3. The summed E-state index contributed by atoms with van der Waals surface area (Å²) in [5, 5.41) is 56.2. The van der Waals surface area contributed by atoms with Gasteiger partial charge in [-0.15, -0.1) is 0 Å². The number of carboxylic acids is 2. The summed E-state index contributed by atoms with van der Waals surface area (Å²) in [5.41, 5.74) is 5.87. The van der Waals surface area contributed by atoms with Gasteiger partial charge >= 0.3 is 11.9 Å². The van der Waals surface area contributed by atoms with Crippen LogP contribution in [0.15, 0.2) is 72.8 Å². The Labute approximate surface area is 207 Å². The van der Waals surface area contributed by atoms with E-state index in [1.807, 2.05) is 0 Å². The number of nitrogens with zero attached hydrogens (tertiary/aromatic N) is 3. The third-order valence-corrected chi connectivity index (χ3v) is 4.31. The van der Waals surface area contributed by atoms with Gasteiger partial charge in [0.25, 0.3) is 17.1 Å². The lowest BCUT2D eigenvalue weighted by Crippen LogP contribution is -2.32. The fourth-order valence-electron chi connectivity index (χ4n) is 2.40. The van der Waals surface area contributed by atoms with Gasteiger partial charge in [0.05, 0.1) is 20.3 Å². The Morgan fingerprint density at radius 3 is 1.38 bits per heavy atom. The summed E-state index contributed by atoms with van der Waals surface area (Å²) in [5.74, 6) is -2.15. The Morgan fingerprint density at radius 1 is 0.703 bits per heavy atom. The second-order valence-electron chi connectivity index (χ2n) is 6.96. The van der Waals surface area contributed by atoms with E-state index in [1.54, 1.807) is 0 Å². The number of aromatic hydroxyl groups is 1. The molecule has 3 aromatic carbocycles. The molecule has 3 aromatic rings. The molecule has 0 amide bonds. The van der Waals surface area contributed by atoms with Crippen molar-refractivity contribution in [2.75, 3.05) is 0 Å². The van der Waals surface area contributed by atoms with E-state index in [-0.39, 0.29) is 34.8 Å². The predicted molar refractivity (Wildman–Crippen MR) is 127 cm³/mol. The zero-order chi connectivity index (χ0) is 28.1. The molecule has 0 aromatic heterocycles. The number of phenols is 1. The molecular formula is C22H20N4O11. The van der Waals surface area contributed by atoms with Crippen molar-refractivity contribution >= 4 is 29.0 Å². The van der Waals surface area contributed by atoms with Crippen molar-refractivity contribution in [1.29, 1.82) is 0 Å². The first-order valence-corrected chi connectivity index (χ1v) is 9.94. The number of hydrogen-bond donors (Lipinski definition) is 4. The van der Waals surface area contributed by atoms with Crippen molar-refractivity contribution in [3.8, 4) is 5.75 Å². The number of aliphatic carboxylic acids is 1. The molecule has 0 aliphatic heterocycles. The molecule has 0 heterocycles. The predicted octanol–water partition coefficient (Wildman–Crippen LogP) is 3.14. The molecular weight excluding hydrogens is 496 g/mol. The third-order valence-electron chi connectivity index (χ3n) is 4.31. The number of nitrogens with two attached hydrogens (primary N) is 1. The smallest absolute Gasteiger partial charge is 0.335 e. The fourth-order valence-corrected chi connectivity index (χ4v) is 2.40. The van der Waals surface area contributed by atoms with Crippen LogP contribution in [0, 0.1) is 30.3 Å². The maximum atomic E-state index is 10.4. The normalized spacial score (nSPS) is 10.4. The van der Waals surface area contributed by atoms with Gasteiger partial charge in [-0.05, 0) is 36.2 Å². The standard InChI is InChI=1S/C9H10N2O4.C7H5NO4.C6H5NO3/c10-8(9(12)13)5-6-1-3-7(4-2-6)11(14)15;9-7(10)5-1-3-6(4-2-5)8(11)12;8-6-3-1-5(2-4-6)7(9)10/h1-4,8H,5,10H2,(H,12,13);1-4H,(H,9,10);1-4,8H/t8-;;/m0../s1. The Bertz CT molecular complexity index is 1210. The molecule has 0 radical (unpaired) electrons. The maximum Gasteiger partial charge on any atom is 0.335 e. The number of phenolic OH excluding ortho intramolecular Hbond substituents is 1. The molecule has 0 saturated carbocycles. The van der Waals surface area contributed by atoms with Gasteiger partial charge < -0.3 is 21.1 Å². The van der Waals surface area contributed by atoms with E-state index in [0.29, 0.717) is 5.56 Å². The quantitative estimate of drug-likeness (QED) is 0.261. The Kier molecular flexibility index (Phi) is 11.3. The lowest BCUT2D eigenvalue weighted by atomic mass is 10.1. The average Bonchev–Trinajstić information content (AvgIpc) is 2.85. The molecule has 15 heteroatoms. The van der Waals surface area contributed by atoms with Crippen molar-refractivity contribution in [3.05, 3.63) is 114 Å². The van der Waals surface area contributed by atoms with Gasteiger partial charge in [0.1, 0.15) is 11.8 Å². The van der Waals surface area contributed by atoms with Gasteiger partial charge in [0.15, 0.2) is 0 Å². The minimum Gasteiger partial charge on any atom is -0.508 e. The highest BCUT2D eigenvalue weighted by Gasteiger charge is 2.13. The van der Waals surface area contributed by atoms with E-state index in [0.717, 1.165) is 12.1 Å². The number of non-ortho nitro benzene ring substituents is 3. The number of nitro groups is 3.